The van der Waals surface area contributed by atoms with E-state index in [2.05, 4.69) is 0 Å². The Morgan fingerprint density at radius 1 is 1.00 bits per heavy atom. The summed E-state index contributed by atoms with van der Waals surface area (Å²) in [7, 11) is 0. The van der Waals surface area contributed by atoms with Gasteiger partial charge >= 0.3 is 11.9 Å². The second kappa shape index (κ2) is 4.70. The number of aliphatic hydroxyl groups excluding tert-OH is 1. The molecule has 0 aromatic carbocycles. The van der Waals surface area contributed by atoms with Gasteiger partial charge in [-0.05, 0) is 6.08 Å². The fourth-order valence-electron chi connectivity index (χ4n) is 0.463. The fraction of sp³-hybridized carbons (Fsp3) is 0. The maximum atomic E-state index is 10.3. The van der Waals surface area contributed by atoms with Crippen molar-refractivity contribution in [3.63, 3.8) is 0 Å². The Labute approximate surface area is 72.4 Å². The van der Waals surface area contributed by atoms with Crippen LogP contribution in [0.15, 0.2) is 23.5 Å². The minimum Gasteiger partial charge on any atom is -0.502 e. The Kier molecular flexibility index (Phi) is 3.94. The second-order valence-corrected chi connectivity index (χ2v) is 1.90. The predicted molar refractivity (Wildman–Crippen MR) is 40.1 cm³/mol. The van der Waals surface area contributed by atoms with E-state index in [1.165, 1.54) is 0 Å². The molecule has 0 bridgehead atoms. The zero-order valence-electron chi connectivity index (χ0n) is 6.30. The first-order chi connectivity index (χ1) is 5.99. The number of carbonyl (C=O) groups is 3. The lowest BCUT2D eigenvalue weighted by atomic mass is 10.2. The Bertz CT molecular complexity index is 298. The summed E-state index contributed by atoms with van der Waals surface area (Å²) < 4.78 is 0. The first-order valence-electron chi connectivity index (χ1n) is 3.01. The summed E-state index contributed by atoms with van der Waals surface area (Å²) in [6.45, 7) is 0. The molecule has 6 heteroatoms. The number of carbonyl (C=O) groups excluding carboxylic acids is 1. The van der Waals surface area contributed by atoms with Crippen molar-refractivity contribution in [2.24, 2.45) is 0 Å². The Balaban J connectivity index is 4.91. The van der Waals surface area contributed by atoms with Gasteiger partial charge in [0, 0.05) is 6.08 Å². The van der Waals surface area contributed by atoms with Crippen molar-refractivity contribution < 1.29 is 29.7 Å². The van der Waals surface area contributed by atoms with Crippen molar-refractivity contribution in [3.05, 3.63) is 23.5 Å². The normalized spacial score (nSPS) is 12.3. The second-order valence-electron chi connectivity index (χ2n) is 1.90. The minimum absolute atomic E-state index is 0.176. The smallest absolute Gasteiger partial charge is 0.370 e. The molecule has 0 fully saturated rings. The number of carboxylic acids is 2. The predicted octanol–water partition coefficient (Wildman–Crippen LogP) is -0.277. The van der Waals surface area contributed by atoms with Crippen molar-refractivity contribution in [2.75, 3.05) is 0 Å². The molecule has 0 amide bonds. The summed E-state index contributed by atoms with van der Waals surface area (Å²) in [4.78, 5) is 30.2. The highest BCUT2D eigenvalue weighted by Crippen LogP contribution is 2.00. The lowest BCUT2D eigenvalue weighted by molar-refractivity contribution is -0.135. The highest BCUT2D eigenvalue weighted by molar-refractivity contribution is 5.96. The molecule has 0 unspecified atom stereocenters. The van der Waals surface area contributed by atoms with Crippen LogP contribution in [0.2, 0.25) is 0 Å². The standard InChI is InChI=1S/C7H6O6/c8-2-1-4(6(10)11)3-5(9)7(12)13/h1-3,9H,(H,10,11)(H,12,13). The van der Waals surface area contributed by atoms with Crippen LogP contribution in [0.1, 0.15) is 0 Å². The molecular formula is C7H6O6. The Morgan fingerprint density at radius 3 is 1.85 bits per heavy atom. The van der Waals surface area contributed by atoms with E-state index in [0.717, 1.165) is 0 Å². The quantitative estimate of drug-likeness (QED) is 0.241. The highest BCUT2D eigenvalue weighted by Gasteiger charge is 2.09. The largest absolute Gasteiger partial charge is 0.502 e. The third kappa shape index (κ3) is 3.71. The molecule has 0 aliphatic rings. The van der Waals surface area contributed by atoms with Crippen molar-refractivity contribution in [3.8, 4) is 0 Å². The van der Waals surface area contributed by atoms with Gasteiger partial charge in [0.2, 0.25) is 5.76 Å². The zero-order valence-corrected chi connectivity index (χ0v) is 6.30. The molecule has 0 saturated heterocycles. The van der Waals surface area contributed by atoms with Crippen LogP contribution in [0.5, 0.6) is 0 Å². The lowest BCUT2D eigenvalue weighted by Gasteiger charge is -1.93. The van der Waals surface area contributed by atoms with Crippen molar-refractivity contribution >= 4 is 18.2 Å². The first kappa shape index (κ1) is 10.9. The van der Waals surface area contributed by atoms with Gasteiger partial charge < -0.3 is 15.3 Å². The summed E-state index contributed by atoms with van der Waals surface area (Å²) in [5, 5.41) is 25.1. The van der Waals surface area contributed by atoms with E-state index in [4.69, 9.17) is 15.3 Å². The van der Waals surface area contributed by atoms with Crippen LogP contribution in [0.3, 0.4) is 0 Å². The molecule has 6 nitrogen and oxygen atoms in total. The van der Waals surface area contributed by atoms with E-state index in [1.807, 2.05) is 0 Å². The molecule has 0 spiro atoms. The number of hydrogen-bond donors (Lipinski definition) is 3. The number of aliphatic hydroxyl groups is 1. The number of aliphatic carboxylic acids is 2. The van der Waals surface area contributed by atoms with Gasteiger partial charge in [0.1, 0.15) is 6.29 Å². The summed E-state index contributed by atoms with van der Waals surface area (Å²) in [6.07, 6.45) is 1.27. The average molecular weight is 186 g/mol. The monoisotopic (exact) mass is 186 g/mol. The van der Waals surface area contributed by atoms with Crippen LogP contribution in [0.4, 0.5) is 0 Å². The van der Waals surface area contributed by atoms with Gasteiger partial charge in [-0.15, -0.1) is 0 Å². The van der Waals surface area contributed by atoms with Crippen LogP contribution >= 0.6 is 0 Å². The summed E-state index contributed by atoms with van der Waals surface area (Å²) in [5.41, 5.74) is -0.602. The molecule has 0 radical (unpaired) electrons. The SMILES string of the molecule is O=CC=C(C=C(O)C(=O)O)C(=O)O. The molecule has 0 aliphatic heterocycles. The van der Waals surface area contributed by atoms with Gasteiger partial charge in [-0.2, -0.15) is 0 Å². The van der Waals surface area contributed by atoms with Gasteiger partial charge in [-0.25, -0.2) is 9.59 Å². The number of aldehydes is 1. The number of carboxylic acid groups (broad SMARTS) is 2. The third-order valence-corrected chi connectivity index (χ3v) is 1.01. The summed E-state index contributed by atoms with van der Waals surface area (Å²) in [5.74, 6) is -4.31. The molecule has 3 N–H and O–H groups in total. The van der Waals surface area contributed by atoms with E-state index in [9.17, 15) is 14.4 Å². The van der Waals surface area contributed by atoms with Gasteiger partial charge in [0.05, 0.1) is 5.57 Å². The van der Waals surface area contributed by atoms with Crippen molar-refractivity contribution in [1.29, 1.82) is 0 Å². The number of allylic oxidation sites excluding steroid dienone is 1. The van der Waals surface area contributed by atoms with E-state index in [1.54, 1.807) is 0 Å². The van der Waals surface area contributed by atoms with Gasteiger partial charge in [-0.3, -0.25) is 4.79 Å². The lowest BCUT2D eigenvalue weighted by Crippen LogP contribution is -2.04. The maximum absolute atomic E-state index is 10.3. The molecule has 0 saturated carbocycles. The molecule has 0 atom stereocenters. The topological polar surface area (TPSA) is 112 Å². The van der Waals surface area contributed by atoms with E-state index >= 15 is 0 Å². The van der Waals surface area contributed by atoms with Crippen LogP contribution in [0.25, 0.3) is 0 Å². The molecular weight excluding hydrogens is 180 g/mol. The van der Waals surface area contributed by atoms with Crippen LogP contribution in [0, 0.1) is 0 Å². The zero-order chi connectivity index (χ0) is 10.4. The number of rotatable bonds is 4. The fourth-order valence-corrected chi connectivity index (χ4v) is 0.463. The van der Waals surface area contributed by atoms with E-state index < -0.39 is 23.3 Å². The van der Waals surface area contributed by atoms with Gasteiger partial charge in [0.15, 0.2) is 0 Å². The van der Waals surface area contributed by atoms with E-state index in [0.29, 0.717) is 12.2 Å². The molecule has 0 aromatic rings. The van der Waals surface area contributed by atoms with Crippen LogP contribution in [-0.2, 0) is 14.4 Å². The van der Waals surface area contributed by atoms with E-state index in [-0.39, 0.29) is 6.29 Å². The highest BCUT2D eigenvalue weighted by atomic mass is 16.4. The molecule has 0 aliphatic carbocycles. The molecule has 13 heavy (non-hydrogen) atoms. The molecule has 70 valence electrons. The molecule has 0 aromatic heterocycles. The van der Waals surface area contributed by atoms with Crippen molar-refractivity contribution in [1.82, 2.24) is 0 Å². The first-order valence-corrected chi connectivity index (χ1v) is 3.01. The van der Waals surface area contributed by atoms with Gasteiger partial charge in [0.25, 0.3) is 0 Å². The third-order valence-electron chi connectivity index (χ3n) is 1.01. The molecule has 0 rings (SSSR count). The van der Waals surface area contributed by atoms with Gasteiger partial charge in [-0.1, -0.05) is 0 Å². The summed E-state index contributed by atoms with van der Waals surface area (Å²) in [6, 6.07) is 0. The number of hydrogen-bond acceptors (Lipinski definition) is 4. The minimum atomic E-state index is -1.67. The maximum Gasteiger partial charge on any atom is 0.370 e. The average Bonchev–Trinajstić information content (AvgIpc) is 2.03. The Hall–Kier alpha value is -2.11. The van der Waals surface area contributed by atoms with Crippen LogP contribution in [-0.4, -0.2) is 33.5 Å². The van der Waals surface area contributed by atoms with Crippen molar-refractivity contribution in [2.45, 2.75) is 0 Å². The summed E-state index contributed by atoms with van der Waals surface area (Å²) >= 11 is 0. The molecule has 0 heterocycles. The van der Waals surface area contributed by atoms with Crippen LogP contribution < -0.4 is 0 Å². The Morgan fingerprint density at radius 2 is 1.54 bits per heavy atom.